The van der Waals surface area contributed by atoms with Gasteiger partial charge >= 0.3 is 0 Å². The number of rotatable bonds is 7. The van der Waals surface area contributed by atoms with Gasteiger partial charge in [-0.25, -0.2) is 4.98 Å². The minimum Gasteiger partial charge on any atom is -0.489 e. The first kappa shape index (κ1) is 21.4. The fourth-order valence-corrected chi connectivity index (χ4v) is 3.29. The molecule has 0 saturated heterocycles. The maximum Gasteiger partial charge on any atom is 0.271 e. The molecule has 0 unspecified atom stereocenters. The molecule has 2 aromatic carbocycles. The molecule has 3 aromatic rings. The van der Waals surface area contributed by atoms with Crippen LogP contribution in [0.2, 0.25) is 0 Å². The third-order valence-corrected chi connectivity index (χ3v) is 4.65. The molecular weight excluding hydrogens is 396 g/mol. The number of carbonyl (C=O) groups is 1. The van der Waals surface area contributed by atoms with Gasteiger partial charge in [-0.05, 0) is 35.4 Å². The Labute approximate surface area is 173 Å². The molecule has 28 heavy (non-hydrogen) atoms. The van der Waals surface area contributed by atoms with Crippen LogP contribution >= 0.6 is 23.7 Å². The molecule has 0 saturated carbocycles. The number of hydrogen-bond donors (Lipinski definition) is 2. The first-order chi connectivity index (χ1) is 13.2. The highest BCUT2D eigenvalue weighted by molar-refractivity contribution is 7.13. The molecule has 0 spiro atoms. The number of nitriles is 1. The summed E-state index contributed by atoms with van der Waals surface area (Å²) >= 11 is 1.40. The van der Waals surface area contributed by atoms with Gasteiger partial charge in [-0.1, -0.05) is 24.3 Å². The molecule has 0 aliphatic rings. The molecule has 0 radical (unpaired) electrons. The third kappa shape index (κ3) is 5.30. The lowest BCUT2D eigenvalue weighted by molar-refractivity contribution is 0.0951. The molecule has 0 bridgehead atoms. The molecule has 8 heteroatoms. The van der Waals surface area contributed by atoms with Crippen molar-refractivity contribution in [2.75, 3.05) is 13.1 Å². The molecule has 6 nitrogen and oxygen atoms in total. The minimum absolute atomic E-state index is 0. The number of nitrogens with two attached hydrogens (primary N) is 1. The molecule has 1 heterocycles. The van der Waals surface area contributed by atoms with Gasteiger partial charge in [0.2, 0.25) is 0 Å². The van der Waals surface area contributed by atoms with Crippen molar-refractivity contribution in [1.82, 2.24) is 10.3 Å². The molecule has 1 amide bonds. The van der Waals surface area contributed by atoms with Gasteiger partial charge in [0.1, 0.15) is 18.1 Å². The second-order valence-corrected chi connectivity index (χ2v) is 6.56. The highest BCUT2D eigenvalue weighted by Gasteiger charge is 2.16. The van der Waals surface area contributed by atoms with Gasteiger partial charge in [0.05, 0.1) is 22.0 Å². The van der Waals surface area contributed by atoms with Crippen LogP contribution in [0.5, 0.6) is 5.75 Å². The van der Waals surface area contributed by atoms with Crippen molar-refractivity contribution < 1.29 is 9.53 Å². The van der Waals surface area contributed by atoms with Gasteiger partial charge in [0.15, 0.2) is 0 Å². The van der Waals surface area contributed by atoms with Gasteiger partial charge in [0, 0.05) is 13.1 Å². The van der Waals surface area contributed by atoms with E-state index < -0.39 is 0 Å². The first-order valence-corrected chi connectivity index (χ1v) is 9.23. The number of nitrogens with zero attached hydrogens (tertiary/aromatic N) is 2. The van der Waals surface area contributed by atoms with Crippen LogP contribution in [0.15, 0.2) is 54.0 Å². The normalized spacial score (nSPS) is 9.86. The average molecular weight is 415 g/mol. The lowest BCUT2D eigenvalue weighted by Gasteiger charge is -2.09. The van der Waals surface area contributed by atoms with E-state index in [1.165, 1.54) is 11.3 Å². The van der Waals surface area contributed by atoms with Crippen LogP contribution in [0, 0.1) is 11.3 Å². The number of halogens is 1. The van der Waals surface area contributed by atoms with E-state index in [-0.39, 0.29) is 18.3 Å². The Hall–Kier alpha value is -2.92. The Bertz CT molecular complexity index is 984. The summed E-state index contributed by atoms with van der Waals surface area (Å²) in [6.07, 6.45) is 0. The standard InChI is InChI=1S/C20H18N4O2S.ClH/c21-7-8-23-20(25)18-19(27-13-24-18)16-5-2-6-17(10-16)26-12-15-4-1-3-14(9-15)11-22;/h1-6,9-10,13H,7-8,12,21H2,(H,23,25);1H. The Balaban J connectivity index is 0.00000280. The number of carbonyl (C=O) groups excluding carboxylic acids is 1. The van der Waals surface area contributed by atoms with E-state index in [2.05, 4.69) is 16.4 Å². The number of thiazole rings is 1. The fraction of sp³-hybridized carbons (Fsp3) is 0.150. The van der Waals surface area contributed by atoms with E-state index in [0.717, 1.165) is 16.0 Å². The molecular formula is C20H19ClN4O2S. The van der Waals surface area contributed by atoms with Crippen molar-refractivity contribution in [3.8, 4) is 22.3 Å². The number of ether oxygens (including phenoxy) is 1. The van der Waals surface area contributed by atoms with Crippen LogP contribution in [0.1, 0.15) is 21.6 Å². The van der Waals surface area contributed by atoms with Crippen molar-refractivity contribution in [2.24, 2.45) is 5.73 Å². The van der Waals surface area contributed by atoms with E-state index in [9.17, 15) is 4.79 Å². The lowest BCUT2D eigenvalue weighted by atomic mass is 10.1. The van der Waals surface area contributed by atoms with E-state index in [1.807, 2.05) is 36.4 Å². The molecule has 3 N–H and O–H groups in total. The Kier molecular flexibility index (Phi) is 7.96. The molecule has 1 aromatic heterocycles. The molecule has 144 valence electrons. The highest BCUT2D eigenvalue weighted by atomic mass is 35.5. The summed E-state index contributed by atoms with van der Waals surface area (Å²) in [4.78, 5) is 17.2. The lowest BCUT2D eigenvalue weighted by Crippen LogP contribution is -2.29. The van der Waals surface area contributed by atoms with E-state index in [4.69, 9.17) is 15.7 Å². The summed E-state index contributed by atoms with van der Waals surface area (Å²) in [5.41, 5.74) is 9.84. The zero-order valence-electron chi connectivity index (χ0n) is 14.9. The number of benzene rings is 2. The fourth-order valence-electron chi connectivity index (χ4n) is 2.51. The van der Waals surface area contributed by atoms with Gasteiger partial charge < -0.3 is 15.8 Å². The molecule has 0 aliphatic carbocycles. The van der Waals surface area contributed by atoms with Crippen molar-refractivity contribution in [1.29, 1.82) is 5.26 Å². The Morgan fingerprint density at radius 2 is 2.07 bits per heavy atom. The molecule has 0 aliphatic heterocycles. The first-order valence-electron chi connectivity index (χ1n) is 8.35. The van der Waals surface area contributed by atoms with Crippen LogP contribution in [-0.4, -0.2) is 24.0 Å². The SMILES string of the molecule is Cl.N#Cc1cccc(COc2cccc(-c3scnc3C(=O)NCCN)c2)c1. The summed E-state index contributed by atoms with van der Waals surface area (Å²) in [6.45, 7) is 1.13. The van der Waals surface area contributed by atoms with Gasteiger partial charge in [-0.2, -0.15) is 5.26 Å². The van der Waals surface area contributed by atoms with Crippen molar-refractivity contribution in [2.45, 2.75) is 6.61 Å². The van der Waals surface area contributed by atoms with E-state index in [1.54, 1.807) is 17.6 Å². The zero-order valence-corrected chi connectivity index (χ0v) is 16.6. The van der Waals surface area contributed by atoms with E-state index >= 15 is 0 Å². The Morgan fingerprint density at radius 3 is 2.86 bits per heavy atom. The highest BCUT2D eigenvalue weighted by Crippen LogP contribution is 2.30. The van der Waals surface area contributed by atoms with Crippen molar-refractivity contribution in [3.63, 3.8) is 0 Å². The van der Waals surface area contributed by atoms with Crippen LogP contribution in [0.3, 0.4) is 0 Å². The maximum atomic E-state index is 12.2. The molecule has 3 rings (SSSR count). The summed E-state index contributed by atoms with van der Waals surface area (Å²) in [5.74, 6) is 0.438. The minimum atomic E-state index is -0.240. The number of hydrogen-bond acceptors (Lipinski definition) is 6. The maximum absolute atomic E-state index is 12.2. The molecule has 0 fully saturated rings. The summed E-state index contributed by atoms with van der Waals surface area (Å²) in [7, 11) is 0. The van der Waals surface area contributed by atoms with Crippen LogP contribution in [-0.2, 0) is 6.61 Å². The monoisotopic (exact) mass is 414 g/mol. The summed E-state index contributed by atoms with van der Waals surface area (Å²) < 4.78 is 5.85. The van der Waals surface area contributed by atoms with Crippen molar-refractivity contribution in [3.05, 3.63) is 70.9 Å². The van der Waals surface area contributed by atoms with Gasteiger partial charge in [-0.3, -0.25) is 4.79 Å². The topological polar surface area (TPSA) is 101 Å². The predicted octanol–water partition coefficient (Wildman–Crippen LogP) is 3.37. The third-order valence-electron chi connectivity index (χ3n) is 3.77. The van der Waals surface area contributed by atoms with Crippen LogP contribution in [0.4, 0.5) is 0 Å². The van der Waals surface area contributed by atoms with E-state index in [0.29, 0.717) is 36.7 Å². The predicted molar refractivity (Wildman–Crippen MR) is 112 cm³/mol. The zero-order chi connectivity index (χ0) is 19.1. The number of aromatic nitrogens is 1. The van der Waals surface area contributed by atoms with Crippen LogP contribution in [0.25, 0.3) is 10.4 Å². The smallest absolute Gasteiger partial charge is 0.271 e. The number of amides is 1. The summed E-state index contributed by atoms with van der Waals surface area (Å²) in [5, 5.41) is 11.7. The largest absolute Gasteiger partial charge is 0.489 e. The van der Waals surface area contributed by atoms with Crippen LogP contribution < -0.4 is 15.8 Å². The average Bonchev–Trinajstić information content (AvgIpc) is 3.21. The second-order valence-electron chi connectivity index (χ2n) is 5.70. The molecule has 0 atom stereocenters. The second kappa shape index (κ2) is 10.4. The van der Waals surface area contributed by atoms with Crippen molar-refractivity contribution >= 4 is 29.7 Å². The summed E-state index contributed by atoms with van der Waals surface area (Å²) in [6, 6.07) is 16.9. The van der Waals surface area contributed by atoms with Gasteiger partial charge in [-0.15, -0.1) is 23.7 Å². The number of nitrogens with one attached hydrogen (secondary N) is 1. The Morgan fingerprint density at radius 1 is 1.25 bits per heavy atom. The quantitative estimate of drug-likeness (QED) is 0.617. The van der Waals surface area contributed by atoms with Gasteiger partial charge in [0.25, 0.3) is 5.91 Å².